The molecule has 0 fully saturated rings. The van der Waals surface area contributed by atoms with Crippen molar-refractivity contribution in [3.05, 3.63) is 76.1 Å². The maximum atomic E-state index is 13.5. The number of benzene rings is 3. The number of carbonyl (C=O) groups excluding carboxylic acids is 2. The van der Waals surface area contributed by atoms with Gasteiger partial charge in [0.05, 0.1) is 28.2 Å². The van der Waals surface area contributed by atoms with Crippen LogP contribution in [-0.2, 0) is 20.2 Å². The first-order valence-electron chi connectivity index (χ1n) is 12.1. The summed E-state index contributed by atoms with van der Waals surface area (Å²) in [5.74, 6) is -1.50. The van der Waals surface area contributed by atoms with Crippen LogP contribution in [0.4, 0.5) is 34.6 Å². The molecular formula is C25H20ClN7O8S2. The zero-order chi connectivity index (χ0) is 31.3. The highest BCUT2D eigenvalue weighted by atomic mass is 35.5. The topological polar surface area (TPSA) is 244 Å². The Morgan fingerprint density at radius 1 is 0.791 bits per heavy atom. The van der Waals surface area contributed by atoms with Gasteiger partial charge in [0.15, 0.2) is 11.6 Å². The van der Waals surface area contributed by atoms with Gasteiger partial charge in [-0.1, -0.05) is 24.3 Å². The summed E-state index contributed by atoms with van der Waals surface area (Å²) in [7, 11) is -9.91. The van der Waals surface area contributed by atoms with Crippen molar-refractivity contribution in [3.63, 3.8) is 0 Å². The highest BCUT2D eigenvalue weighted by Crippen LogP contribution is 2.40. The minimum atomic E-state index is -4.99. The van der Waals surface area contributed by atoms with E-state index in [0.29, 0.717) is 6.54 Å². The average Bonchev–Trinajstić information content (AvgIpc) is 2.92. The predicted octanol–water partition coefficient (Wildman–Crippen LogP) is 3.30. The van der Waals surface area contributed by atoms with Gasteiger partial charge < -0.3 is 21.7 Å². The number of anilines is 6. The molecule has 0 saturated heterocycles. The van der Waals surface area contributed by atoms with Gasteiger partial charge in [0.25, 0.3) is 20.2 Å². The average molecular weight is 646 g/mol. The third kappa shape index (κ3) is 5.71. The van der Waals surface area contributed by atoms with Gasteiger partial charge in [-0.15, -0.1) is 0 Å². The number of rotatable bonds is 8. The summed E-state index contributed by atoms with van der Waals surface area (Å²) in [6.07, 6.45) is 0. The standard InChI is InChI=1S/C25H20ClN7O8S2/c1-2-28-24-31-23(26)32-25(33-24)30-14-8-7-11(9-16(14)42(36,37)38)29-15-10-17(43(39,40)41)20(27)19-18(15)21(34)12-5-3-4-6-13(12)22(19)35/h3-10,29H,2,27H2,1H3,(H,36,37,38)(H,39,40,41)(H2,28,30,31,32,33). The van der Waals surface area contributed by atoms with Gasteiger partial charge in [-0.05, 0) is 42.8 Å². The molecule has 0 saturated carbocycles. The Balaban J connectivity index is 1.64. The van der Waals surface area contributed by atoms with Crippen molar-refractivity contribution in [2.75, 3.05) is 28.2 Å². The Morgan fingerprint density at radius 3 is 2.00 bits per heavy atom. The number of nitrogens with two attached hydrogens (primary N) is 1. The number of nitrogen functional groups attached to an aromatic ring is 1. The summed E-state index contributed by atoms with van der Waals surface area (Å²) >= 11 is 5.92. The molecule has 0 amide bonds. The molecule has 7 N–H and O–H groups in total. The fourth-order valence-corrected chi connectivity index (χ4v) is 5.92. The molecule has 1 aliphatic rings. The van der Waals surface area contributed by atoms with E-state index >= 15 is 0 Å². The van der Waals surface area contributed by atoms with E-state index in [1.165, 1.54) is 36.4 Å². The van der Waals surface area contributed by atoms with Crippen LogP contribution < -0.4 is 21.7 Å². The number of hydrogen-bond acceptors (Lipinski definition) is 13. The normalized spacial score (nSPS) is 12.8. The number of nitrogens with one attached hydrogen (secondary N) is 3. The zero-order valence-corrected chi connectivity index (χ0v) is 24.2. The van der Waals surface area contributed by atoms with Gasteiger partial charge >= 0.3 is 0 Å². The monoisotopic (exact) mass is 645 g/mol. The van der Waals surface area contributed by atoms with Crippen molar-refractivity contribution in [1.82, 2.24) is 15.0 Å². The Labute approximate surface area is 249 Å². The lowest BCUT2D eigenvalue weighted by atomic mass is 9.82. The SMILES string of the molecule is CCNc1nc(Cl)nc(Nc2ccc(Nc3cc(S(=O)(=O)O)c(N)c4c3C(=O)c3ccccc3C4=O)cc2S(=O)(=O)O)n1. The second kappa shape index (κ2) is 10.9. The van der Waals surface area contributed by atoms with Crippen molar-refractivity contribution in [2.24, 2.45) is 0 Å². The van der Waals surface area contributed by atoms with E-state index in [0.717, 1.165) is 12.1 Å². The third-order valence-electron chi connectivity index (χ3n) is 6.21. The number of fused-ring (bicyclic) bond motifs is 2. The number of hydrogen-bond donors (Lipinski definition) is 6. The lowest BCUT2D eigenvalue weighted by Gasteiger charge is -2.24. The summed E-state index contributed by atoms with van der Waals surface area (Å²) in [4.78, 5) is 37.2. The fourth-order valence-electron chi connectivity index (χ4n) is 4.44. The summed E-state index contributed by atoms with van der Waals surface area (Å²) in [6.45, 7) is 2.23. The summed E-state index contributed by atoms with van der Waals surface area (Å²) in [6, 6.07) is 10.1. The molecule has 4 aromatic rings. The van der Waals surface area contributed by atoms with E-state index in [2.05, 4.69) is 30.9 Å². The number of carbonyl (C=O) groups is 2. The maximum absolute atomic E-state index is 13.5. The maximum Gasteiger partial charge on any atom is 0.296 e. The quantitative estimate of drug-likeness (QED) is 0.105. The number of halogens is 1. The van der Waals surface area contributed by atoms with Crippen molar-refractivity contribution >= 4 is 78.0 Å². The van der Waals surface area contributed by atoms with E-state index in [-0.39, 0.29) is 50.9 Å². The lowest BCUT2D eigenvalue weighted by Crippen LogP contribution is -2.25. The highest BCUT2D eigenvalue weighted by molar-refractivity contribution is 7.86. The van der Waals surface area contributed by atoms with Crippen molar-refractivity contribution in [1.29, 1.82) is 0 Å². The molecule has 0 bridgehead atoms. The second-order valence-electron chi connectivity index (χ2n) is 8.98. The van der Waals surface area contributed by atoms with Crippen LogP contribution in [0.3, 0.4) is 0 Å². The smallest absolute Gasteiger partial charge is 0.296 e. The summed E-state index contributed by atoms with van der Waals surface area (Å²) in [5.41, 5.74) is 4.03. The van der Waals surface area contributed by atoms with Gasteiger partial charge in [0.2, 0.25) is 17.2 Å². The van der Waals surface area contributed by atoms with E-state index in [1.54, 1.807) is 6.92 Å². The molecule has 0 atom stereocenters. The molecule has 0 aliphatic heterocycles. The first-order chi connectivity index (χ1) is 20.2. The minimum Gasteiger partial charge on any atom is -0.397 e. The van der Waals surface area contributed by atoms with Crippen LogP contribution in [-0.4, -0.2) is 59.0 Å². The molecule has 222 valence electrons. The minimum absolute atomic E-state index is 0.0215. The third-order valence-corrected chi connectivity index (χ3v) is 8.16. The molecule has 18 heteroatoms. The molecule has 43 heavy (non-hydrogen) atoms. The van der Waals surface area contributed by atoms with Gasteiger partial charge in [0.1, 0.15) is 9.79 Å². The van der Waals surface area contributed by atoms with Crippen LogP contribution >= 0.6 is 11.6 Å². The molecule has 0 radical (unpaired) electrons. The van der Waals surface area contributed by atoms with Gasteiger partial charge in [-0.25, -0.2) is 0 Å². The van der Waals surface area contributed by atoms with Crippen molar-refractivity contribution in [3.8, 4) is 0 Å². The Hall–Kier alpha value is -4.68. The number of ketones is 2. The van der Waals surface area contributed by atoms with Crippen LogP contribution in [0.1, 0.15) is 38.8 Å². The van der Waals surface area contributed by atoms with Crippen LogP contribution in [0.5, 0.6) is 0 Å². The summed E-state index contributed by atoms with van der Waals surface area (Å²) in [5, 5.41) is 7.97. The van der Waals surface area contributed by atoms with Gasteiger partial charge in [-0.3, -0.25) is 18.7 Å². The van der Waals surface area contributed by atoms with Crippen LogP contribution in [0.25, 0.3) is 0 Å². The highest BCUT2D eigenvalue weighted by Gasteiger charge is 2.36. The number of nitrogens with zero attached hydrogens (tertiary/aromatic N) is 3. The van der Waals surface area contributed by atoms with Gasteiger partial charge in [-0.2, -0.15) is 31.8 Å². The first kappa shape index (κ1) is 29.8. The second-order valence-corrected chi connectivity index (χ2v) is 12.1. The van der Waals surface area contributed by atoms with E-state index in [4.69, 9.17) is 17.3 Å². The summed E-state index contributed by atoms with van der Waals surface area (Å²) < 4.78 is 68.8. The van der Waals surface area contributed by atoms with Crippen molar-refractivity contribution < 1.29 is 35.5 Å². The molecule has 3 aromatic carbocycles. The van der Waals surface area contributed by atoms with Crippen molar-refractivity contribution in [2.45, 2.75) is 16.7 Å². The fraction of sp³-hybridized carbons (Fsp3) is 0.0800. The molecule has 1 heterocycles. The Morgan fingerprint density at radius 2 is 1.40 bits per heavy atom. The van der Waals surface area contributed by atoms with E-state index in [9.17, 15) is 35.5 Å². The van der Waals surface area contributed by atoms with E-state index in [1.807, 2.05) is 0 Å². The lowest BCUT2D eigenvalue weighted by molar-refractivity contribution is 0.0980. The Bertz CT molecular complexity index is 2070. The molecule has 0 spiro atoms. The largest absolute Gasteiger partial charge is 0.397 e. The molecule has 1 aliphatic carbocycles. The molecule has 1 aromatic heterocycles. The van der Waals surface area contributed by atoms with Crippen LogP contribution in [0, 0.1) is 0 Å². The Kier molecular flexibility index (Phi) is 7.53. The molecular weight excluding hydrogens is 626 g/mol. The van der Waals surface area contributed by atoms with Crippen LogP contribution in [0.2, 0.25) is 5.28 Å². The van der Waals surface area contributed by atoms with Gasteiger partial charge in [0, 0.05) is 23.4 Å². The van der Waals surface area contributed by atoms with E-state index < -0.39 is 52.8 Å². The first-order valence-corrected chi connectivity index (χ1v) is 15.4. The molecule has 0 unspecified atom stereocenters. The molecule has 5 rings (SSSR count). The predicted molar refractivity (Wildman–Crippen MR) is 156 cm³/mol. The van der Waals surface area contributed by atoms with Crippen LogP contribution in [0.15, 0.2) is 58.3 Å². The molecule has 15 nitrogen and oxygen atoms in total. The zero-order valence-electron chi connectivity index (χ0n) is 21.8. The number of aromatic nitrogens is 3.